The van der Waals surface area contributed by atoms with E-state index in [1.807, 2.05) is 38.1 Å². The second-order valence-electron chi connectivity index (χ2n) is 6.74. The molecule has 0 spiro atoms. The van der Waals surface area contributed by atoms with Crippen LogP contribution in [0.3, 0.4) is 0 Å². The number of nitrogens with zero attached hydrogens (tertiary/aromatic N) is 1. The van der Waals surface area contributed by atoms with Crippen LogP contribution in [0.4, 0.5) is 4.39 Å². The number of halogens is 1. The second-order valence-corrected chi connectivity index (χ2v) is 8.32. The summed E-state index contributed by atoms with van der Waals surface area (Å²) in [6, 6.07) is 13.2. The van der Waals surface area contributed by atoms with Crippen molar-refractivity contribution in [1.29, 1.82) is 0 Å². The monoisotopic (exact) mass is 399 g/mol. The minimum atomic E-state index is -0.379. The molecular weight excluding hydrogens is 377 g/mol. The van der Waals surface area contributed by atoms with E-state index in [4.69, 9.17) is 4.74 Å². The third-order valence-electron chi connectivity index (χ3n) is 4.40. The van der Waals surface area contributed by atoms with Crippen molar-refractivity contribution in [2.75, 3.05) is 13.7 Å². The molecule has 4 nitrogen and oxygen atoms in total. The van der Waals surface area contributed by atoms with E-state index in [1.165, 1.54) is 28.8 Å². The summed E-state index contributed by atoms with van der Waals surface area (Å²) in [5.41, 5.74) is 1.93. The van der Waals surface area contributed by atoms with Gasteiger partial charge in [0.05, 0.1) is 17.6 Å². The van der Waals surface area contributed by atoms with Crippen LogP contribution in [-0.2, 0) is 16.0 Å². The van der Waals surface area contributed by atoms with Gasteiger partial charge in [0.2, 0.25) is 0 Å². The first kappa shape index (κ1) is 20.1. The summed E-state index contributed by atoms with van der Waals surface area (Å²) in [6.45, 7) is 4.23. The first-order valence-electron chi connectivity index (χ1n) is 9.06. The Bertz CT molecular complexity index is 904. The molecule has 146 valence electrons. The number of imide groups is 1. The van der Waals surface area contributed by atoms with E-state index >= 15 is 0 Å². The van der Waals surface area contributed by atoms with Gasteiger partial charge in [-0.25, -0.2) is 4.39 Å². The second kappa shape index (κ2) is 8.61. The van der Waals surface area contributed by atoms with E-state index in [9.17, 15) is 14.0 Å². The maximum atomic E-state index is 13.3. The van der Waals surface area contributed by atoms with Gasteiger partial charge in [-0.3, -0.25) is 14.5 Å². The number of ether oxygens (including phenoxy) is 1. The zero-order valence-electron chi connectivity index (χ0n) is 16.1. The first-order chi connectivity index (χ1) is 13.4. The molecule has 1 heterocycles. The summed E-state index contributed by atoms with van der Waals surface area (Å²) >= 11 is 1.37. The summed E-state index contributed by atoms with van der Waals surface area (Å²) in [5.74, 6) is -0.228. The first-order valence-corrected chi connectivity index (χ1v) is 9.94. The van der Waals surface area contributed by atoms with Gasteiger partial charge in [0, 0.05) is 11.8 Å². The van der Waals surface area contributed by atoms with E-state index in [1.54, 1.807) is 19.2 Å². The Balaban J connectivity index is 1.83. The third kappa shape index (κ3) is 4.28. The highest BCUT2D eigenvalue weighted by molar-refractivity contribution is 8.04. The molecule has 0 radical (unpaired) electrons. The van der Waals surface area contributed by atoms with Gasteiger partial charge in [-0.1, -0.05) is 38.1 Å². The Labute approximate surface area is 168 Å². The average molecular weight is 399 g/mol. The van der Waals surface area contributed by atoms with Crippen molar-refractivity contribution < 1.29 is 18.7 Å². The smallest absolute Gasteiger partial charge is 0.268 e. The molecule has 0 aromatic heterocycles. The lowest BCUT2D eigenvalue weighted by atomic mass is 10.1. The lowest BCUT2D eigenvalue weighted by Crippen LogP contribution is -2.33. The van der Waals surface area contributed by atoms with Crippen LogP contribution in [0.2, 0.25) is 0 Å². The van der Waals surface area contributed by atoms with Crippen molar-refractivity contribution in [2.45, 2.75) is 25.5 Å². The molecule has 0 saturated carbocycles. The number of methoxy groups -OCH3 is 1. The highest BCUT2D eigenvalue weighted by Crippen LogP contribution is 2.38. The molecule has 1 aliphatic rings. The Morgan fingerprint density at radius 3 is 2.21 bits per heavy atom. The number of amides is 2. The Morgan fingerprint density at radius 1 is 1.00 bits per heavy atom. The molecule has 0 unspecified atom stereocenters. The number of rotatable bonds is 7. The maximum Gasteiger partial charge on any atom is 0.268 e. The van der Waals surface area contributed by atoms with E-state index in [0.29, 0.717) is 22.5 Å². The van der Waals surface area contributed by atoms with Crippen molar-refractivity contribution in [3.05, 3.63) is 70.4 Å². The number of hydrogen-bond donors (Lipinski definition) is 0. The summed E-state index contributed by atoms with van der Waals surface area (Å²) in [6.07, 6.45) is 0.553. The quantitative estimate of drug-likeness (QED) is 0.652. The molecule has 2 amide bonds. The van der Waals surface area contributed by atoms with E-state index in [0.717, 1.165) is 11.3 Å². The molecule has 28 heavy (non-hydrogen) atoms. The lowest BCUT2D eigenvalue weighted by Gasteiger charge is -2.15. The summed E-state index contributed by atoms with van der Waals surface area (Å²) in [7, 11) is 1.60. The predicted molar refractivity (Wildman–Crippen MR) is 109 cm³/mol. The fourth-order valence-electron chi connectivity index (χ4n) is 3.01. The molecule has 1 aliphatic heterocycles. The van der Waals surface area contributed by atoms with Crippen molar-refractivity contribution in [3.8, 4) is 5.75 Å². The number of carbonyl (C=O) groups excluding carboxylic acids is 2. The zero-order chi connectivity index (χ0) is 20.3. The molecule has 6 heteroatoms. The van der Waals surface area contributed by atoms with Gasteiger partial charge in [0.25, 0.3) is 11.8 Å². The van der Waals surface area contributed by atoms with Crippen LogP contribution in [0.1, 0.15) is 25.0 Å². The van der Waals surface area contributed by atoms with Gasteiger partial charge in [-0.05, 0) is 41.8 Å². The van der Waals surface area contributed by atoms with E-state index in [-0.39, 0.29) is 29.4 Å². The van der Waals surface area contributed by atoms with Crippen LogP contribution in [0.5, 0.6) is 5.75 Å². The lowest BCUT2D eigenvalue weighted by molar-refractivity contribution is -0.136. The molecule has 0 bridgehead atoms. The molecule has 2 aromatic rings. The largest absolute Gasteiger partial charge is 0.497 e. The molecule has 0 atom stereocenters. The van der Waals surface area contributed by atoms with Gasteiger partial charge >= 0.3 is 0 Å². The fraction of sp³-hybridized carbons (Fsp3) is 0.273. The number of thioether (sulfide) groups is 1. The van der Waals surface area contributed by atoms with Crippen molar-refractivity contribution >= 4 is 29.1 Å². The highest BCUT2D eigenvalue weighted by atomic mass is 32.2. The van der Waals surface area contributed by atoms with E-state index in [2.05, 4.69) is 0 Å². The van der Waals surface area contributed by atoms with Crippen LogP contribution in [0, 0.1) is 5.82 Å². The van der Waals surface area contributed by atoms with Crippen molar-refractivity contribution in [1.82, 2.24) is 4.90 Å². The standard InChI is InChI=1S/C22H22FNO3S/c1-14(2)28-20-19(16-6-8-17(23)9-7-16)21(25)24(22(20)26)13-12-15-4-10-18(27-3)11-5-15/h4-11,14H,12-13H2,1-3H3. The molecule has 3 rings (SSSR count). The molecule has 0 N–H and O–H groups in total. The van der Waals surface area contributed by atoms with Crippen LogP contribution < -0.4 is 4.74 Å². The van der Waals surface area contributed by atoms with Crippen LogP contribution in [-0.4, -0.2) is 35.6 Å². The maximum absolute atomic E-state index is 13.3. The summed E-state index contributed by atoms with van der Waals surface area (Å²) in [5, 5.41) is 0.142. The molecule has 0 fully saturated rings. The number of hydrogen-bond acceptors (Lipinski definition) is 4. The fourth-order valence-corrected chi connectivity index (χ4v) is 4.01. The van der Waals surface area contributed by atoms with Crippen molar-refractivity contribution in [2.24, 2.45) is 0 Å². The summed E-state index contributed by atoms with van der Waals surface area (Å²) in [4.78, 5) is 27.7. The minimum Gasteiger partial charge on any atom is -0.497 e. The van der Waals surface area contributed by atoms with Gasteiger partial charge < -0.3 is 4.74 Å². The van der Waals surface area contributed by atoms with Gasteiger partial charge in [-0.2, -0.15) is 0 Å². The third-order valence-corrected chi connectivity index (χ3v) is 5.48. The van der Waals surface area contributed by atoms with Gasteiger partial charge in [0.15, 0.2) is 0 Å². The van der Waals surface area contributed by atoms with Gasteiger partial charge in [-0.15, -0.1) is 11.8 Å². The molecule has 0 saturated heterocycles. The normalized spacial score (nSPS) is 14.4. The van der Waals surface area contributed by atoms with Gasteiger partial charge in [0.1, 0.15) is 11.6 Å². The predicted octanol–water partition coefficient (Wildman–Crippen LogP) is 4.30. The Hall–Kier alpha value is -2.60. The summed E-state index contributed by atoms with van der Waals surface area (Å²) < 4.78 is 18.5. The highest BCUT2D eigenvalue weighted by Gasteiger charge is 2.39. The molecule has 0 aliphatic carbocycles. The molecular formula is C22H22FNO3S. The molecule has 2 aromatic carbocycles. The minimum absolute atomic E-state index is 0.142. The SMILES string of the molecule is COc1ccc(CCN2C(=O)C(SC(C)C)=C(c3ccc(F)cc3)C2=O)cc1. The van der Waals surface area contributed by atoms with Crippen LogP contribution >= 0.6 is 11.8 Å². The zero-order valence-corrected chi connectivity index (χ0v) is 16.9. The average Bonchev–Trinajstić information content (AvgIpc) is 2.90. The van der Waals surface area contributed by atoms with Crippen LogP contribution in [0.25, 0.3) is 5.57 Å². The number of benzene rings is 2. The van der Waals surface area contributed by atoms with E-state index < -0.39 is 0 Å². The Kier molecular flexibility index (Phi) is 6.19. The van der Waals surface area contributed by atoms with Crippen molar-refractivity contribution in [3.63, 3.8) is 0 Å². The topological polar surface area (TPSA) is 46.6 Å². The van der Waals surface area contributed by atoms with Crippen LogP contribution in [0.15, 0.2) is 53.4 Å². The number of carbonyl (C=O) groups is 2. The Morgan fingerprint density at radius 2 is 1.64 bits per heavy atom.